The number of hydrogen-bond acceptors (Lipinski definition) is 3. The van der Waals surface area contributed by atoms with Crippen molar-refractivity contribution in [3.05, 3.63) is 0 Å². The fraction of sp³-hybridized carbons (Fsp3) is 0.900. The zero-order chi connectivity index (χ0) is 9.68. The first-order valence-electron chi connectivity index (χ1n) is 5.01. The lowest BCUT2D eigenvalue weighted by Gasteiger charge is -2.17. The van der Waals surface area contributed by atoms with E-state index in [1.165, 1.54) is 0 Å². The molecule has 0 aromatic rings. The van der Waals surface area contributed by atoms with Gasteiger partial charge in [-0.25, -0.2) is 0 Å². The molecule has 3 heteroatoms. The van der Waals surface area contributed by atoms with Gasteiger partial charge >= 0.3 is 0 Å². The molecule has 0 radical (unpaired) electrons. The highest BCUT2D eigenvalue weighted by atomic mass is 16.3. The fourth-order valence-electron chi connectivity index (χ4n) is 1.78. The van der Waals surface area contributed by atoms with E-state index >= 15 is 0 Å². The molecule has 1 rings (SSSR count). The second-order valence-electron chi connectivity index (χ2n) is 3.97. The smallest absolute Gasteiger partial charge is 0.0672 e. The van der Waals surface area contributed by atoms with Crippen molar-refractivity contribution in [2.24, 2.45) is 11.8 Å². The van der Waals surface area contributed by atoms with Crippen molar-refractivity contribution in [3.8, 4) is 6.07 Å². The Bertz CT molecular complexity index is 188. The van der Waals surface area contributed by atoms with E-state index in [4.69, 9.17) is 10.4 Å². The first kappa shape index (κ1) is 10.5. The number of nitriles is 1. The van der Waals surface area contributed by atoms with Gasteiger partial charge in [0.15, 0.2) is 0 Å². The maximum Gasteiger partial charge on any atom is 0.0672 e. The molecule has 1 saturated carbocycles. The minimum atomic E-state index is 0.186. The minimum absolute atomic E-state index is 0.186. The molecule has 3 atom stereocenters. The third-order valence-corrected chi connectivity index (χ3v) is 2.72. The van der Waals surface area contributed by atoms with Crippen molar-refractivity contribution < 1.29 is 5.11 Å². The van der Waals surface area contributed by atoms with E-state index in [9.17, 15) is 0 Å². The Morgan fingerprint density at radius 3 is 3.00 bits per heavy atom. The predicted octanol–water partition coefficient (Wildman–Crippen LogP) is 0.897. The summed E-state index contributed by atoms with van der Waals surface area (Å²) in [4.78, 5) is 0. The lowest BCUT2D eigenvalue weighted by atomic mass is 10.1. The van der Waals surface area contributed by atoms with Gasteiger partial charge in [0, 0.05) is 19.2 Å². The number of aliphatic hydroxyl groups excluding tert-OH is 1. The third kappa shape index (κ3) is 2.98. The molecule has 0 saturated heterocycles. The number of rotatable bonds is 4. The van der Waals surface area contributed by atoms with E-state index in [2.05, 4.69) is 11.4 Å². The first-order valence-corrected chi connectivity index (χ1v) is 5.01. The van der Waals surface area contributed by atoms with Crippen LogP contribution < -0.4 is 5.32 Å². The summed E-state index contributed by atoms with van der Waals surface area (Å²) in [6.07, 6.45) is 3.29. The molecule has 1 aliphatic carbocycles. The molecular formula is C10H18N2O. The summed E-state index contributed by atoms with van der Waals surface area (Å²) >= 11 is 0. The first-order chi connectivity index (χ1) is 6.27. The van der Waals surface area contributed by atoms with Crippen LogP contribution in [0.25, 0.3) is 0 Å². The number of hydrogen-bond donors (Lipinski definition) is 2. The Balaban J connectivity index is 2.24. The lowest BCUT2D eigenvalue weighted by Crippen LogP contribution is -2.35. The molecule has 0 bridgehead atoms. The average Bonchev–Trinajstić information content (AvgIpc) is 2.61. The summed E-state index contributed by atoms with van der Waals surface area (Å²) in [5.41, 5.74) is 0. The van der Waals surface area contributed by atoms with E-state index in [0.717, 1.165) is 25.8 Å². The highest BCUT2D eigenvalue weighted by Crippen LogP contribution is 2.24. The normalized spacial score (nSPS) is 29.9. The largest absolute Gasteiger partial charge is 0.396 e. The maximum absolute atomic E-state index is 8.83. The van der Waals surface area contributed by atoms with Crippen LogP contribution in [0.3, 0.4) is 0 Å². The molecule has 2 N–H and O–H groups in total. The Hall–Kier alpha value is -0.590. The van der Waals surface area contributed by atoms with E-state index in [1.807, 2.05) is 6.92 Å². The van der Waals surface area contributed by atoms with Crippen LogP contribution in [0, 0.1) is 23.2 Å². The summed E-state index contributed by atoms with van der Waals surface area (Å²) in [6.45, 7) is 3.04. The Labute approximate surface area is 79.8 Å². The summed E-state index contributed by atoms with van der Waals surface area (Å²) in [5.74, 6) is 0.478. The van der Waals surface area contributed by atoms with Crippen LogP contribution in [0.4, 0.5) is 0 Å². The van der Waals surface area contributed by atoms with Gasteiger partial charge in [0.1, 0.15) is 0 Å². The van der Waals surface area contributed by atoms with Crippen molar-refractivity contribution in [1.29, 1.82) is 5.26 Å². The molecule has 0 spiro atoms. The van der Waals surface area contributed by atoms with Crippen LogP contribution >= 0.6 is 0 Å². The second-order valence-corrected chi connectivity index (χ2v) is 3.97. The van der Waals surface area contributed by atoms with E-state index in [0.29, 0.717) is 12.0 Å². The minimum Gasteiger partial charge on any atom is -0.396 e. The summed E-state index contributed by atoms with van der Waals surface area (Å²) in [7, 11) is 0. The van der Waals surface area contributed by atoms with Gasteiger partial charge in [-0.2, -0.15) is 5.26 Å². The molecule has 1 fully saturated rings. The zero-order valence-corrected chi connectivity index (χ0v) is 8.16. The molecule has 0 aliphatic heterocycles. The lowest BCUT2D eigenvalue weighted by molar-refractivity contribution is 0.228. The SMILES string of the molecule is CC(CO)CNC1CCCC1C#N. The van der Waals surface area contributed by atoms with E-state index < -0.39 is 0 Å². The standard InChI is InChI=1S/C10H18N2O/c1-8(7-13)6-12-10-4-2-3-9(10)5-11/h8-10,12-13H,2-4,6-7H2,1H3. The molecule has 13 heavy (non-hydrogen) atoms. The van der Waals surface area contributed by atoms with Gasteiger partial charge in [-0.3, -0.25) is 0 Å². The quantitative estimate of drug-likeness (QED) is 0.679. The summed E-state index contributed by atoms with van der Waals surface area (Å²) < 4.78 is 0. The van der Waals surface area contributed by atoms with Gasteiger partial charge in [-0.05, 0) is 18.8 Å². The fourth-order valence-corrected chi connectivity index (χ4v) is 1.78. The van der Waals surface area contributed by atoms with Gasteiger partial charge in [0.25, 0.3) is 0 Å². The van der Waals surface area contributed by atoms with Gasteiger partial charge in [-0.15, -0.1) is 0 Å². The Morgan fingerprint density at radius 1 is 1.62 bits per heavy atom. The molecule has 0 amide bonds. The van der Waals surface area contributed by atoms with Crippen molar-refractivity contribution in [1.82, 2.24) is 5.32 Å². The van der Waals surface area contributed by atoms with Crippen molar-refractivity contribution in [2.75, 3.05) is 13.2 Å². The van der Waals surface area contributed by atoms with E-state index in [1.54, 1.807) is 0 Å². The molecule has 1 aliphatic rings. The maximum atomic E-state index is 8.83. The molecular weight excluding hydrogens is 164 g/mol. The summed E-state index contributed by atoms with van der Waals surface area (Å²) in [5, 5.41) is 21.0. The molecule has 0 aromatic heterocycles. The number of aliphatic hydroxyl groups is 1. The topological polar surface area (TPSA) is 56.0 Å². The van der Waals surface area contributed by atoms with Gasteiger partial charge in [0.2, 0.25) is 0 Å². The van der Waals surface area contributed by atoms with Crippen LogP contribution in [0.5, 0.6) is 0 Å². The zero-order valence-electron chi connectivity index (χ0n) is 8.16. The van der Waals surface area contributed by atoms with Crippen LogP contribution in [-0.4, -0.2) is 24.3 Å². The average molecular weight is 182 g/mol. The monoisotopic (exact) mass is 182 g/mol. The van der Waals surface area contributed by atoms with Crippen LogP contribution in [-0.2, 0) is 0 Å². The number of nitrogens with one attached hydrogen (secondary N) is 1. The van der Waals surface area contributed by atoms with Crippen LogP contribution in [0.15, 0.2) is 0 Å². The molecule has 0 heterocycles. The van der Waals surface area contributed by atoms with Gasteiger partial charge in [0.05, 0.1) is 12.0 Å². The van der Waals surface area contributed by atoms with Gasteiger partial charge in [-0.1, -0.05) is 13.3 Å². The predicted molar refractivity (Wildman–Crippen MR) is 51.0 cm³/mol. The van der Waals surface area contributed by atoms with Gasteiger partial charge < -0.3 is 10.4 Å². The van der Waals surface area contributed by atoms with Crippen molar-refractivity contribution >= 4 is 0 Å². The molecule has 3 nitrogen and oxygen atoms in total. The summed E-state index contributed by atoms with van der Waals surface area (Å²) in [6, 6.07) is 2.69. The number of nitrogens with zero attached hydrogens (tertiary/aromatic N) is 1. The Morgan fingerprint density at radius 2 is 2.38 bits per heavy atom. The third-order valence-electron chi connectivity index (χ3n) is 2.72. The molecule has 74 valence electrons. The van der Waals surface area contributed by atoms with Crippen LogP contribution in [0.2, 0.25) is 0 Å². The second kappa shape index (κ2) is 5.21. The molecule has 3 unspecified atom stereocenters. The van der Waals surface area contributed by atoms with Crippen molar-refractivity contribution in [2.45, 2.75) is 32.2 Å². The highest BCUT2D eigenvalue weighted by molar-refractivity contribution is 4.96. The van der Waals surface area contributed by atoms with E-state index in [-0.39, 0.29) is 12.5 Å². The van der Waals surface area contributed by atoms with Crippen molar-refractivity contribution in [3.63, 3.8) is 0 Å². The highest BCUT2D eigenvalue weighted by Gasteiger charge is 2.26. The molecule has 0 aromatic carbocycles. The van der Waals surface area contributed by atoms with Crippen LogP contribution in [0.1, 0.15) is 26.2 Å². The Kier molecular flexibility index (Phi) is 4.20.